The Kier molecular flexibility index (Phi) is 7.02. The van der Waals surface area contributed by atoms with Gasteiger partial charge in [0.1, 0.15) is 18.5 Å². The van der Waals surface area contributed by atoms with Gasteiger partial charge in [0.05, 0.1) is 24.1 Å². The number of likely N-dealkylation sites (N-methyl/N-ethyl adjacent to an activating group) is 1. The van der Waals surface area contributed by atoms with Gasteiger partial charge in [0, 0.05) is 32.4 Å². The number of carbonyl (C=O) groups is 3. The molecule has 2 aromatic rings. The van der Waals surface area contributed by atoms with E-state index in [9.17, 15) is 23.2 Å². The van der Waals surface area contributed by atoms with Crippen LogP contribution in [0.5, 0.6) is 5.75 Å². The number of rotatable bonds is 4. The fraction of sp³-hybridized carbons (Fsp3) is 0.400. The number of amides is 3. The highest BCUT2D eigenvalue weighted by Crippen LogP contribution is 2.32. The van der Waals surface area contributed by atoms with Gasteiger partial charge in [-0.25, -0.2) is 8.78 Å². The zero-order valence-corrected chi connectivity index (χ0v) is 19.7. The monoisotopic (exact) mass is 487 g/mol. The van der Waals surface area contributed by atoms with E-state index in [2.05, 4.69) is 5.32 Å². The smallest absolute Gasteiger partial charge is 0.257 e. The molecule has 186 valence electrons. The highest BCUT2D eigenvalue weighted by molar-refractivity contribution is 6.05. The third-order valence-corrected chi connectivity index (χ3v) is 6.35. The summed E-state index contributed by atoms with van der Waals surface area (Å²) >= 11 is 0. The molecule has 0 bridgehead atoms. The van der Waals surface area contributed by atoms with Crippen molar-refractivity contribution in [3.63, 3.8) is 0 Å². The number of anilines is 1. The summed E-state index contributed by atoms with van der Waals surface area (Å²) in [6.45, 7) is 0.197. The summed E-state index contributed by atoms with van der Waals surface area (Å²) < 4.78 is 38.7. The van der Waals surface area contributed by atoms with Gasteiger partial charge >= 0.3 is 0 Å². The van der Waals surface area contributed by atoms with Gasteiger partial charge in [0.2, 0.25) is 5.91 Å². The van der Waals surface area contributed by atoms with Gasteiger partial charge in [0.25, 0.3) is 11.8 Å². The number of fused-ring (bicyclic) bond motifs is 2. The maximum atomic E-state index is 13.5. The van der Waals surface area contributed by atoms with Gasteiger partial charge in [-0.05, 0) is 49.2 Å². The van der Waals surface area contributed by atoms with Crippen LogP contribution in [0.25, 0.3) is 0 Å². The van der Waals surface area contributed by atoms with Crippen molar-refractivity contribution in [2.75, 3.05) is 33.1 Å². The molecule has 35 heavy (non-hydrogen) atoms. The lowest BCUT2D eigenvalue weighted by atomic mass is 9.94. The van der Waals surface area contributed by atoms with E-state index in [1.807, 2.05) is 0 Å². The molecule has 1 N–H and O–H groups in total. The molecule has 2 aliphatic heterocycles. The second-order valence-electron chi connectivity index (χ2n) is 8.95. The van der Waals surface area contributed by atoms with Gasteiger partial charge in [-0.15, -0.1) is 0 Å². The number of ether oxygens (including phenoxy) is 2. The molecule has 1 fully saturated rings. The number of nitrogens with zero attached hydrogens (tertiary/aromatic N) is 2. The van der Waals surface area contributed by atoms with E-state index in [4.69, 9.17) is 9.47 Å². The van der Waals surface area contributed by atoms with E-state index in [1.165, 1.54) is 17.0 Å². The minimum atomic E-state index is -1.13. The van der Waals surface area contributed by atoms with Crippen molar-refractivity contribution in [3.05, 3.63) is 59.2 Å². The highest BCUT2D eigenvalue weighted by atomic mass is 19.2. The standard InChI is InChI=1S/C25H27F2N3O5/c1-29(2)23(31)12-16-6-8-20-22(35-16)13-34-21-9-5-15(11-17(21)25(33)30(20)3)28-24(32)14-4-7-18(26)19(27)10-14/h4-5,7,9-11,16,20,22H,6,8,12-13H2,1-3H3,(H,28,32)/t16-,20-,22-/m0/s1. The minimum Gasteiger partial charge on any atom is -0.490 e. The van der Waals surface area contributed by atoms with E-state index in [0.717, 1.165) is 12.1 Å². The molecule has 3 amide bonds. The molecule has 0 aliphatic carbocycles. The Labute approximate surface area is 201 Å². The summed E-state index contributed by atoms with van der Waals surface area (Å²) in [5.41, 5.74) is 0.516. The Bertz CT molecular complexity index is 1160. The van der Waals surface area contributed by atoms with E-state index in [1.54, 1.807) is 38.2 Å². The molecule has 4 rings (SSSR count). The van der Waals surface area contributed by atoms with E-state index in [0.29, 0.717) is 24.3 Å². The summed E-state index contributed by atoms with van der Waals surface area (Å²) in [6.07, 6.45) is 0.925. The molecule has 0 radical (unpaired) electrons. The van der Waals surface area contributed by atoms with Gasteiger partial charge in [-0.2, -0.15) is 0 Å². The first-order chi connectivity index (χ1) is 16.6. The second kappa shape index (κ2) is 9.99. The van der Waals surface area contributed by atoms with Crippen LogP contribution in [0, 0.1) is 11.6 Å². The topological polar surface area (TPSA) is 88.2 Å². The Morgan fingerprint density at radius 2 is 1.89 bits per heavy atom. The number of benzene rings is 2. The van der Waals surface area contributed by atoms with Crippen molar-refractivity contribution in [2.45, 2.75) is 37.5 Å². The summed E-state index contributed by atoms with van der Waals surface area (Å²) in [5, 5.41) is 2.60. The van der Waals surface area contributed by atoms with Crippen molar-refractivity contribution in [1.82, 2.24) is 9.80 Å². The lowest BCUT2D eigenvalue weighted by molar-refractivity contribution is -0.140. The molecule has 2 aromatic carbocycles. The van der Waals surface area contributed by atoms with Crippen LogP contribution in [0.3, 0.4) is 0 Å². The average molecular weight is 488 g/mol. The Morgan fingerprint density at radius 1 is 1.11 bits per heavy atom. The third kappa shape index (κ3) is 5.27. The van der Waals surface area contributed by atoms with E-state index in [-0.39, 0.29) is 48.1 Å². The first-order valence-corrected chi connectivity index (χ1v) is 11.3. The SMILES string of the molecule is CN(C)C(=O)C[C@@H]1CC[C@H]2[C@H](COc3ccc(NC(=O)c4ccc(F)c(F)c4)cc3C(=O)N2C)O1. The Balaban J connectivity index is 1.50. The highest BCUT2D eigenvalue weighted by Gasteiger charge is 2.39. The van der Waals surface area contributed by atoms with Gasteiger partial charge in [0.15, 0.2) is 11.6 Å². The van der Waals surface area contributed by atoms with Crippen molar-refractivity contribution in [1.29, 1.82) is 0 Å². The maximum Gasteiger partial charge on any atom is 0.257 e. The molecule has 0 unspecified atom stereocenters. The molecule has 8 nitrogen and oxygen atoms in total. The molecule has 0 spiro atoms. The Hall–Kier alpha value is -3.53. The first-order valence-electron chi connectivity index (χ1n) is 11.3. The molecule has 2 aliphatic rings. The Morgan fingerprint density at radius 3 is 2.60 bits per heavy atom. The molecule has 10 heteroatoms. The van der Waals surface area contributed by atoms with Gasteiger partial charge in [-0.1, -0.05) is 0 Å². The van der Waals surface area contributed by atoms with E-state index >= 15 is 0 Å². The van der Waals surface area contributed by atoms with Crippen molar-refractivity contribution in [3.8, 4) is 5.75 Å². The van der Waals surface area contributed by atoms with Crippen LogP contribution in [-0.2, 0) is 9.53 Å². The molecule has 3 atom stereocenters. The molecule has 2 heterocycles. The summed E-state index contributed by atoms with van der Waals surface area (Å²) in [4.78, 5) is 41.0. The second-order valence-corrected chi connectivity index (χ2v) is 8.95. The number of carbonyl (C=O) groups excluding carboxylic acids is 3. The van der Waals surface area contributed by atoms with Crippen molar-refractivity contribution in [2.24, 2.45) is 0 Å². The van der Waals surface area contributed by atoms with Crippen LogP contribution >= 0.6 is 0 Å². The lowest BCUT2D eigenvalue weighted by Gasteiger charge is -2.42. The van der Waals surface area contributed by atoms with Crippen molar-refractivity contribution >= 4 is 23.4 Å². The van der Waals surface area contributed by atoms with Gasteiger partial charge < -0.3 is 24.6 Å². The quantitative estimate of drug-likeness (QED) is 0.716. The maximum absolute atomic E-state index is 13.5. The predicted molar refractivity (Wildman–Crippen MR) is 123 cm³/mol. The van der Waals surface area contributed by atoms with Crippen LogP contribution < -0.4 is 10.1 Å². The first kappa shape index (κ1) is 24.6. The van der Waals surface area contributed by atoms with Crippen LogP contribution in [0.4, 0.5) is 14.5 Å². The predicted octanol–water partition coefficient (Wildman–Crippen LogP) is 3.08. The normalized spacial score (nSPS) is 21.7. The van der Waals surface area contributed by atoms with Crippen LogP contribution in [-0.4, -0.2) is 73.5 Å². The fourth-order valence-electron chi connectivity index (χ4n) is 4.32. The summed E-state index contributed by atoms with van der Waals surface area (Å²) in [7, 11) is 5.09. The summed E-state index contributed by atoms with van der Waals surface area (Å²) in [6, 6.07) is 7.24. The minimum absolute atomic E-state index is 0.0204. The van der Waals surface area contributed by atoms with E-state index < -0.39 is 23.6 Å². The average Bonchev–Trinajstić information content (AvgIpc) is 2.83. The van der Waals surface area contributed by atoms with Crippen molar-refractivity contribution < 1.29 is 32.6 Å². The van der Waals surface area contributed by atoms with Gasteiger partial charge in [-0.3, -0.25) is 14.4 Å². The zero-order valence-electron chi connectivity index (χ0n) is 19.7. The molecule has 1 saturated heterocycles. The largest absolute Gasteiger partial charge is 0.490 e. The fourth-order valence-corrected chi connectivity index (χ4v) is 4.32. The number of nitrogens with one attached hydrogen (secondary N) is 1. The molecular weight excluding hydrogens is 460 g/mol. The van der Waals surface area contributed by atoms with Crippen LogP contribution in [0.1, 0.15) is 40.0 Å². The number of halogens is 2. The summed E-state index contributed by atoms with van der Waals surface area (Å²) in [5.74, 6) is -2.80. The number of hydrogen-bond donors (Lipinski definition) is 1. The molecule has 0 aromatic heterocycles. The van der Waals surface area contributed by atoms with Crippen LogP contribution in [0.2, 0.25) is 0 Å². The molecular formula is C25H27F2N3O5. The van der Waals surface area contributed by atoms with Crippen LogP contribution in [0.15, 0.2) is 36.4 Å². The third-order valence-electron chi connectivity index (χ3n) is 6.35. The number of hydrogen-bond acceptors (Lipinski definition) is 5. The lowest BCUT2D eigenvalue weighted by Crippen LogP contribution is -2.53. The molecule has 0 saturated carbocycles. The zero-order chi connectivity index (χ0) is 25.3.